The topological polar surface area (TPSA) is 38.9 Å². The van der Waals surface area contributed by atoms with Crippen molar-refractivity contribution in [3.63, 3.8) is 0 Å². The second-order valence-electron chi connectivity index (χ2n) is 5.05. The number of hydrogen-bond acceptors (Lipinski definition) is 3. The standard InChI is InChI=1S/C18H18N2S/c19-16(14-7-3-1-4-8-14)11-12-18-20-17(13-21-18)15-9-5-2-6-10-15/h1-10,13,16H,11-12,19H2. The molecule has 0 fully saturated rings. The van der Waals surface area contributed by atoms with Crippen molar-refractivity contribution < 1.29 is 0 Å². The first kappa shape index (κ1) is 14.0. The third-order valence-corrected chi connectivity index (χ3v) is 4.43. The lowest BCUT2D eigenvalue weighted by atomic mass is 10.0. The van der Waals surface area contributed by atoms with Crippen LogP contribution in [0, 0.1) is 0 Å². The molecule has 2 aromatic carbocycles. The molecule has 0 saturated heterocycles. The van der Waals surface area contributed by atoms with E-state index in [0.29, 0.717) is 0 Å². The quantitative estimate of drug-likeness (QED) is 0.755. The predicted molar refractivity (Wildman–Crippen MR) is 89.2 cm³/mol. The Balaban J connectivity index is 1.63. The number of aromatic nitrogens is 1. The molecule has 1 aromatic heterocycles. The van der Waals surface area contributed by atoms with Crippen LogP contribution >= 0.6 is 11.3 Å². The van der Waals surface area contributed by atoms with E-state index >= 15 is 0 Å². The minimum absolute atomic E-state index is 0.0790. The van der Waals surface area contributed by atoms with Crippen LogP contribution in [0.5, 0.6) is 0 Å². The zero-order chi connectivity index (χ0) is 14.5. The molecule has 1 atom stereocenters. The molecule has 0 radical (unpaired) electrons. The van der Waals surface area contributed by atoms with Crippen molar-refractivity contribution in [2.45, 2.75) is 18.9 Å². The molecule has 21 heavy (non-hydrogen) atoms. The van der Waals surface area contributed by atoms with Crippen LogP contribution in [0.2, 0.25) is 0 Å². The van der Waals surface area contributed by atoms with E-state index in [-0.39, 0.29) is 6.04 Å². The summed E-state index contributed by atoms with van der Waals surface area (Å²) in [6, 6.07) is 20.6. The lowest BCUT2D eigenvalue weighted by Gasteiger charge is -2.10. The van der Waals surface area contributed by atoms with E-state index in [2.05, 4.69) is 29.6 Å². The Morgan fingerprint density at radius 1 is 0.952 bits per heavy atom. The number of aryl methyl sites for hydroxylation is 1. The SMILES string of the molecule is NC(CCc1nc(-c2ccccc2)cs1)c1ccccc1. The zero-order valence-electron chi connectivity index (χ0n) is 11.8. The van der Waals surface area contributed by atoms with Crippen LogP contribution in [0.3, 0.4) is 0 Å². The largest absolute Gasteiger partial charge is 0.324 e. The van der Waals surface area contributed by atoms with Gasteiger partial charge in [0, 0.05) is 23.4 Å². The van der Waals surface area contributed by atoms with Gasteiger partial charge in [0.2, 0.25) is 0 Å². The van der Waals surface area contributed by atoms with E-state index in [4.69, 9.17) is 10.7 Å². The average Bonchev–Trinajstić information content (AvgIpc) is 3.03. The lowest BCUT2D eigenvalue weighted by molar-refractivity contribution is 0.650. The van der Waals surface area contributed by atoms with Gasteiger partial charge in [-0.3, -0.25) is 0 Å². The molecule has 1 unspecified atom stereocenters. The van der Waals surface area contributed by atoms with Crippen molar-refractivity contribution in [1.82, 2.24) is 4.98 Å². The van der Waals surface area contributed by atoms with Gasteiger partial charge >= 0.3 is 0 Å². The monoisotopic (exact) mass is 294 g/mol. The average molecular weight is 294 g/mol. The number of benzene rings is 2. The van der Waals surface area contributed by atoms with Gasteiger partial charge in [-0.25, -0.2) is 4.98 Å². The summed E-state index contributed by atoms with van der Waals surface area (Å²) in [5.41, 5.74) is 9.66. The first-order valence-electron chi connectivity index (χ1n) is 7.13. The third kappa shape index (κ3) is 3.57. The molecule has 0 aliphatic heterocycles. The van der Waals surface area contributed by atoms with Crippen LogP contribution in [0.15, 0.2) is 66.0 Å². The second-order valence-corrected chi connectivity index (χ2v) is 5.99. The van der Waals surface area contributed by atoms with E-state index in [9.17, 15) is 0 Å². The smallest absolute Gasteiger partial charge is 0.0933 e. The Bertz CT molecular complexity index is 677. The highest BCUT2D eigenvalue weighted by Gasteiger charge is 2.08. The Hall–Kier alpha value is -1.97. The predicted octanol–water partition coefficient (Wildman–Crippen LogP) is 4.44. The number of nitrogens with zero attached hydrogens (tertiary/aromatic N) is 1. The molecule has 0 saturated carbocycles. The molecule has 2 N–H and O–H groups in total. The molecular formula is C18H18N2S. The van der Waals surface area contributed by atoms with Crippen molar-refractivity contribution in [1.29, 1.82) is 0 Å². The van der Waals surface area contributed by atoms with Gasteiger partial charge in [-0.15, -0.1) is 11.3 Å². The Morgan fingerprint density at radius 3 is 2.33 bits per heavy atom. The number of nitrogens with two attached hydrogens (primary N) is 1. The fraction of sp³-hybridized carbons (Fsp3) is 0.167. The van der Waals surface area contributed by atoms with E-state index in [1.807, 2.05) is 36.4 Å². The first-order chi connectivity index (χ1) is 10.3. The summed E-state index contributed by atoms with van der Waals surface area (Å²) in [6.07, 6.45) is 1.85. The van der Waals surface area contributed by atoms with Crippen LogP contribution in [-0.4, -0.2) is 4.98 Å². The molecule has 106 valence electrons. The van der Waals surface area contributed by atoms with Gasteiger partial charge in [-0.05, 0) is 12.0 Å². The summed E-state index contributed by atoms with van der Waals surface area (Å²) in [5.74, 6) is 0. The number of rotatable bonds is 5. The molecule has 2 nitrogen and oxygen atoms in total. The van der Waals surface area contributed by atoms with Crippen molar-refractivity contribution in [3.8, 4) is 11.3 Å². The van der Waals surface area contributed by atoms with Crippen molar-refractivity contribution in [2.75, 3.05) is 0 Å². The molecule has 1 heterocycles. The van der Waals surface area contributed by atoms with Crippen molar-refractivity contribution >= 4 is 11.3 Å². The van der Waals surface area contributed by atoms with Crippen LogP contribution in [0.4, 0.5) is 0 Å². The molecule has 0 spiro atoms. The van der Waals surface area contributed by atoms with Crippen LogP contribution in [-0.2, 0) is 6.42 Å². The summed E-state index contributed by atoms with van der Waals surface area (Å²) < 4.78 is 0. The van der Waals surface area contributed by atoms with Crippen molar-refractivity contribution in [3.05, 3.63) is 76.6 Å². The van der Waals surface area contributed by atoms with E-state index in [1.54, 1.807) is 11.3 Å². The summed E-state index contributed by atoms with van der Waals surface area (Å²) >= 11 is 1.71. The number of thiazole rings is 1. The van der Waals surface area contributed by atoms with E-state index in [1.165, 1.54) is 11.1 Å². The highest BCUT2D eigenvalue weighted by atomic mass is 32.1. The molecule has 0 amide bonds. The fourth-order valence-electron chi connectivity index (χ4n) is 2.31. The van der Waals surface area contributed by atoms with Crippen LogP contribution in [0.25, 0.3) is 11.3 Å². The Morgan fingerprint density at radius 2 is 1.62 bits per heavy atom. The molecule has 0 bridgehead atoms. The molecular weight excluding hydrogens is 276 g/mol. The minimum atomic E-state index is 0.0790. The van der Waals surface area contributed by atoms with Gasteiger partial charge < -0.3 is 5.73 Å². The summed E-state index contributed by atoms with van der Waals surface area (Å²) in [6.45, 7) is 0. The third-order valence-electron chi connectivity index (χ3n) is 3.52. The molecule has 0 aliphatic carbocycles. The summed E-state index contributed by atoms with van der Waals surface area (Å²) in [5, 5.41) is 3.28. The first-order valence-corrected chi connectivity index (χ1v) is 8.01. The highest BCUT2D eigenvalue weighted by molar-refractivity contribution is 7.09. The van der Waals surface area contributed by atoms with Crippen LogP contribution in [0.1, 0.15) is 23.0 Å². The maximum Gasteiger partial charge on any atom is 0.0933 e. The van der Waals surface area contributed by atoms with Crippen LogP contribution < -0.4 is 5.73 Å². The van der Waals surface area contributed by atoms with Gasteiger partial charge in [0.05, 0.1) is 10.7 Å². The molecule has 3 aromatic rings. The van der Waals surface area contributed by atoms with Crippen molar-refractivity contribution in [2.24, 2.45) is 5.73 Å². The maximum absolute atomic E-state index is 6.24. The fourth-order valence-corrected chi connectivity index (χ4v) is 3.14. The van der Waals surface area contributed by atoms with Gasteiger partial charge in [0.25, 0.3) is 0 Å². The normalized spacial score (nSPS) is 12.2. The van der Waals surface area contributed by atoms with Gasteiger partial charge in [0.1, 0.15) is 0 Å². The maximum atomic E-state index is 6.24. The highest BCUT2D eigenvalue weighted by Crippen LogP contribution is 2.24. The molecule has 3 rings (SSSR count). The summed E-state index contributed by atoms with van der Waals surface area (Å²) in [4.78, 5) is 4.71. The lowest BCUT2D eigenvalue weighted by Crippen LogP contribution is -2.11. The zero-order valence-corrected chi connectivity index (χ0v) is 12.6. The minimum Gasteiger partial charge on any atom is -0.324 e. The van der Waals surface area contributed by atoms with Gasteiger partial charge in [-0.1, -0.05) is 60.7 Å². The Labute approximate surface area is 129 Å². The Kier molecular flexibility index (Phi) is 4.43. The molecule has 0 aliphatic rings. The van der Waals surface area contributed by atoms with E-state index < -0.39 is 0 Å². The van der Waals surface area contributed by atoms with E-state index in [0.717, 1.165) is 23.5 Å². The van der Waals surface area contributed by atoms with Gasteiger partial charge in [-0.2, -0.15) is 0 Å². The number of hydrogen-bond donors (Lipinski definition) is 1. The second kappa shape index (κ2) is 6.66. The van der Waals surface area contributed by atoms with Gasteiger partial charge in [0.15, 0.2) is 0 Å². The summed E-state index contributed by atoms with van der Waals surface area (Å²) in [7, 11) is 0. The molecule has 3 heteroatoms.